The second kappa shape index (κ2) is 6.85. The Kier molecular flexibility index (Phi) is 6.00. The minimum absolute atomic E-state index is 0. The summed E-state index contributed by atoms with van der Waals surface area (Å²) in [7, 11) is 1.67. The van der Waals surface area contributed by atoms with Crippen molar-refractivity contribution in [2.75, 3.05) is 18.6 Å². The van der Waals surface area contributed by atoms with Gasteiger partial charge in [-0.15, -0.1) is 0 Å². The second-order valence-corrected chi connectivity index (χ2v) is 5.14. The molecule has 1 aliphatic heterocycles. The van der Waals surface area contributed by atoms with Crippen LogP contribution >= 0.6 is 0 Å². The van der Waals surface area contributed by atoms with Crippen molar-refractivity contribution >= 4 is 11.6 Å². The second-order valence-electron chi connectivity index (χ2n) is 5.14. The average Bonchev–Trinajstić information content (AvgIpc) is 2.33. The number of anilines is 1. The molecule has 0 N–H and O–H groups in total. The summed E-state index contributed by atoms with van der Waals surface area (Å²) in [6.07, 6.45) is 2.08. The van der Waals surface area contributed by atoms with Crippen molar-refractivity contribution in [2.45, 2.75) is 33.6 Å². The van der Waals surface area contributed by atoms with Crippen molar-refractivity contribution in [1.29, 1.82) is 0 Å². The van der Waals surface area contributed by atoms with E-state index in [0.29, 0.717) is 0 Å². The molecule has 1 atom stereocenters. The van der Waals surface area contributed by atoms with E-state index in [-0.39, 0.29) is 44.5 Å². The van der Waals surface area contributed by atoms with Crippen molar-refractivity contribution in [3.63, 3.8) is 0 Å². The number of aryl methyl sites for hydroxylation is 2. The number of carbonyl (C=O) groups is 1. The molecule has 0 bridgehead atoms. The fourth-order valence-electron chi connectivity index (χ4n) is 2.74. The van der Waals surface area contributed by atoms with Gasteiger partial charge in [-0.2, -0.15) is 0 Å². The average molecular weight is 336 g/mol. The first-order valence-corrected chi connectivity index (χ1v) is 6.51. The number of rotatable bonds is 2. The van der Waals surface area contributed by atoms with Gasteiger partial charge in [0.15, 0.2) is 0 Å². The van der Waals surface area contributed by atoms with E-state index < -0.39 is 0 Å². The molecule has 0 aliphatic carbocycles. The Morgan fingerprint density at radius 1 is 1.26 bits per heavy atom. The minimum atomic E-state index is 0. The smallest absolute Gasteiger partial charge is 0.229 e. The van der Waals surface area contributed by atoms with E-state index in [1.54, 1.807) is 7.11 Å². The van der Waals surface area contributed by atoms with Crippen LogP contribution < -0.4 is 9.64 Å². The van der Waals surface area contributed by atoms with Crippen LogP contribution in [0.4, 0.5) is 5.69 Å². The van der Waals surface area contributed by atoms with Gasteiger partial charge >= 0.3 is 0 Å². The molecule has 101 valence electrons. The molecule has 4 heteroatoms. The van der Waals surface area contributed by atoms with Gasteiger partial charge in [0.25, 0.3) is 0 Å². The summed E-state index contributed by atoms with van der Waals surface area (Å²) >= 11 is 0. The van der Waals surface area contributed by atoms with Gasteiger partial charge in [-0.3, -0.25) is 4.79 Å². The predicted octanol–water partition coefficient (Wildman–Crippen LogP) is 3.07. The molecule has 1 fully saturated rings. The van der Waals surface area contributed by atoms with Crippen LogP contribution in [-0.4, -0.2) is 19.6 Å². The summed E-state index contributed by atoms with van der Waals surface area (Å²) in [5.74, 6) is 1.24. The number of carbonyl (C=O) groups excluding carboxylic acids is 1. The van der Waals surface area contributed by atoms with Gasteiger partial charge in [0.05, 0.1) is 7.11 Å². The molecule has 2 rings (SSSR count). The molecule has 1 aromatic carbocycles. The Bertz CT molecular complexity index is 450. The molecule has 1 radical (unpaired) electrons. The third-order valence-corrected chi connectivity index (χ3v) is 3.68. The molecule has 1 unspecified atom stereocenters. The van der Waals surface area contributed by atoms with Crippen LogP contribution in [0.25, 0.3) is 0 Å². The summed E-state index contributed by atoms with van der Waals surface area (Å²) in [4.78, 5) is 14.2. The third-order valence-electron chi connectivity index (χ3n) is 3.68. The molecular formula is C15H21NO2Y. The summed E-state index contributed by atoms with van der Waals surface area (Å²) < 4.78 is 5.26. The van der Waals surface area contributed by atoms with Crippen LogP contribution in [-0.2, 0) is 37.5 Å². The Morgan fingerprint density at radius 2 is 1.84 bits per heavy atom. The zero-order valence-corrected chi connectivity index (χ0v) is 15.0. The fraction of sp³-hybridized carbons (Fsp3) is 0.533. The van der Waals surface area contributed by atoms with Crippen LogP contribution in [0.15, 0.2) is 12.1 Å². The molecule has 0 spiro atoms. The topological polar surface area (TPSA) is 29.5 Å². The number of methoxy groups -OCH3 is 1. The first-order chi connectivity index (χ1) is 8.54. The van der Waals surface area contributed by atoms with E-state index in [2.05, 4.69) is 0 Å². The van der Waals surface area contributed by atoms with Crippen molar-refractivity contribution in [1.82, 2.24) is 0 Å². The SMILES string of the molecule is COc1cc(C)c(N2CCCC(C)C2=O)c(C)c1.[Y]. The fourth-order valence-corrected chi connectivity index (χ4v) is 2.74. The van der Waals surface area contributed by atoms with Crippen molar-refractivity contribution in [3.05, 3.63) is 23.3 Å². The molecule has 0 saturated carbocycles. The number of hydrogen-bond acceptors (Lipinski definition) is 2. The molecular weight excluding hydrogens is 315 g/mol. The van der Waals surface area contributed by atoms with Crippen LogP contribution in [0.5, 0.6) is 5.75 Å². The van der Waals surface area contributed by atoms with Crippen LogP contribution in [0.1, 0.15) is 30.9 Å². The maximum Gasteiger partial charge on any atom is 0.229 e. The summed E-state index contributed by atoms with van der Waals surface area (Å²) in [6.45, 7) is 6.93. The van der Waals surface area contributed by atoms with Gasteiger partial charge < -0.3 is 9.64 Å². The Hall–Kier alpha value is -0.406. The monoisotopic (exact) mass is 336 g/mol. The predicted molar refractivity (Wildman–Crippen MR) is 73.2 cm³/mol. The molecule has 1 aromatic rings. The van der Waals surface area contributed by atoms with E-state index in [4.69, 9.17) is 4.74 Å². The minimum Gasteiger partial charge on any atom is -0.497 e. The van der Waals surface area contributed by atoms with Crippen LogP contribution in [0.3, 0.4) is 0 Å². The van der Waals surface area contributed by atoms with E-state index >= 15 is 0 Å². The number of piperidine rings is 1. The zero-order valence-electron chi connectivity index (χ0n) is 12.2. The standard InChI is InChI=1S/C15H21NO2.Y/c1-10-6-5-7-16(15(10)17)14-11(2)8-13(18-4)9-12(14)3;/h8-10H,5-7H2,1-4H3;. The van der Waals surface area contributed by atoms with Crippen molar-refractivity contribution < 1.29 is 42.2 Å². The van der Waals surface area contributed by atoms with Crippen molar-refractivity contribution in [3.8, 4) is 5.75 Å². The molecule has 19 heavy (non-hydrogen) atoms. The number of benzene rings is 1. The Morgan fingerprint density at radius 3 is 2.37 bits per heavy atom. The summed E-state index contributed by atoms with van der Waals surface area (Å²) in [6, 6.07) is 3.99. The number of nitrogens with zero attached hydrogens (tertiary/aromatic N) is 1. The van der Waals surface area contributed by atoms with Gasteiger partial charge in [-0.1, -0.05) is 6.92 Å². The van der Waals surface area contributed by atoms with Crippen molar-refractivity contribution in [2.24, 2.45) is 5.92 Å². The largest absolute Gasteiger partial charge is 0.497 e. The van der Waals surface area contributed by atoms with Gasteiger partial charge in [0.2, 0.25) is 5.91 Å². The van der Waals surface area contributed by atoms with Gasteiger partial charge in [0.1, 0.15) is 5.75 Å². The van der Waals surface area contributed by atoms with Gasteiger partial charge in [-0.05, 0) is 49.9 Å². The van der Waals surface area contributed by atoms with Crippen LogP contribution in [0.2, 0.25) is 0 Å². The quantitative estimate of drug-likeness (QED) is 0.831. The summed E-state index contributed by atoms with van der Waals surface area (Å²) in [5.41, 5.74) is 3.27. The molecule has 0 aromatic heterocycles. The summed E-state index contributed by atoms with van der Waals surface area (Å²) in [5, 5.41) is 0. The number of ether oxygens (including phenoxy) is 1. The van der Waals surface area contributed by atoms with E-state index in [9.17, 15) is 4.79 Å². The molecule has 1 amide bonds. The molecule has 1 saturated heterocycles. The first kappa shape index (κ1) is 16.6. The first-order valence-electron chi connectivity index (χ1n) is 6.51. The normalized spacial score (nSPS) is 19.1. The van der Waals surface area contributed by atoms with Gasteiger partial charge in [-0.25, -0.2) is 0 Å². The van der Waals surface area contributed by atoms with Gasteiger partial charge in [0, 0.05) is 50.9 Å². The maximum absolute atomic E-state index is 12.3. The Labute approximate surface area is 140 Å². The van der Waals surface area contributed by atoms with E-state index in [1.165, 1.54) is 0 Å². The van der Waals surface area contributed by atoms with Crippen LogP contribution in [0, 0.1) is 19.8 Å². The Balaban J connectivity index is 0.00000180. The van der Waals surface area contributed by atoms with E-state index in [0.717, 1.165) is 42.0 Å². The molecule has 3 nitrogen and oxygen atoms in total. The number of hydrogen-bond donors (Lipinski definition) is 0. The van der Waals surface area contributed by atoms with E-state index in [1.807, 2.05) is 37.8 Å². The maximum atomic E-state index is 12.3. The third kappa shape index (κ3) is 3.38. The molecule has 1 heterocycles. The zero-order chi connectivity index (χ0) is 13.3. The molecule has 1 aliphatic rings. The number of amides is 1.